The van der Waals surface area contributed by atoms with Crippen LogP contribution in [0.1, 0.15) is 6.92 Å². The van der Waals surface area contributed by atoms with Crippen molar-refractivity contribution in [2.75, 3.05) is 0 Å². The Kier molecular flexibility index (Phi) is 2.56. The van der Waals surface area contributed by atoms with Crippen molar-refractivity contribution in [1.82, 2.24) is 0 Å². The van der Waals surface area contributed by atoms with Gasteiger partial charge in [-0.3, -0.25) is 4.55 Å². The van der Waals surface area contributed by atoms with E-state index in [-0.39, 0.29) is 5.41 Å². The largest absolute Gasteiger partial charge is 0.478 e. The Labute approximate surface area is 57.7 Å². The summed E-state index contributed by atoms with van der Waals surface area (Å²) in [7, 11) is -4.31. The van der Waals surface area contributed by atoms with Gasteiger partial charge < -0.3 is 5.11 Å². The summed E-state index contributed by atoms with van der Waals surface area (Å²) in [6.45, 7) is 1.07. The van der Waals surface area contributed by atoms with Crippen molar-refractivity contribution in [3.63, 3.8) is 0 Å². The molecule has 0 aliphatic rings. The first-order valence-electron chi connectivity index (χ1n) is 2.22. The van der Waals surface area contributed by atoms with Crippen molar-refractivity contribution < 1.29 is 22.9 Å². The number of carboxylic acids is 1. The molecule has 0 aromatic rings. The Balaban J connectivity index is 4.66. The summed E-state index contributed by atoms with van der Waals surface area (Å²) < 4.78 is 28.0. The molecule has 0 atom stereocenters. The second-order valence-corrected chi connectivity index (χ2v) is 2.89. The van der Waals surface area contributed by atoms with Crippen LogP contribution in [0.4, 0.5) is 0 Å². The molecule has 0 saturated heterocycles. The molecule has 0 aliphatic heterocycles. The monoisotopic (exact) mass is 166 g/mol. The fraction of sp³-hybridized carbons (Fsp3) is 0.250. The van der Waals surface area contributed by atoms with E-state index >= 15 is 0 Å². The zero-order chi connectivity index (χ0) is 8.36. The van der Waals surface area contributed by atoms with Crippen LogP contribution in [0.15, 0.2) is 11.0 Å². The molecule has 0 amide bonds. The van der Waals surface area contributed by atoms with Crippen LogP contribution in [-0.4, -0.2) is 24.0 Å². The molecule has 0 fully saturated rings. The Morgan fingerprint density at radius 2 is 1.90 bits per heavy atom. The van der Waals surface area contributed by atoms with Gasteiger partial charge in [-0.25, -0.2) is 4.79 Å². The van der Waals surface area contributed by atoms with E-state index in [9.17, 15) is 13.2 Å². The highest BCUT2D eigenvalue weighted by atomic mass is 32.2. The van der Waals surface area contributed by atoms with Gasteiger partial charge in [-0.05, 0) is 6.92 Å². The molecule has 58 valence electrons. The molecule has 0 rings (SSSR count). The zero-order valence-corrected chi connectivity index (χ0v) is 5.92. The van der Waals surface area contributed by atoms with Crippen LogP contribution in [0.5, 0.6) is 0 Å². The third-order valence-electron chi connectivity index (χ3n) is 0.663. The minimum Gasteiger partial charge on any atom is -0.478 e. The third kappa shape index (κ3) is 4.04. The van der Waals surface area contributed by atoms with Gasteiger partial charge in [0.05, 0.1) is 5.41 Å². The van der Waals surface area contributed by atoms with E-state index in [4.69, 9.17) is 9.66 Å². The maximum atomic E-state index is 9.96. The first-order valence-corrected chi connectivity index (χ1v) is 3.72. The van der Waals surface area contributed by atoms with Crippen LogP contribution >= 0.6 is 0 Å². The van der Waals surface area contributed by atoms with Gasteiger partial charge >= 0.3 is 5.97 Å². The Morgan fingerprint density at radius 3 is 2.00 bits per heavy atom. The molecule has 0 aliphatic carbocycles. The quantitative estimate of drug-likeness (QED) is 0.440. The first kappa shape index (κ1) is 9.12. The van der Waals surface area contributed by atoms with Crippen molar-refractivity contribution in [1.29, 1.82) is 0 Å². The van der Waals surface area contributed by atoms with E-state index in [1.54, 1.807) is 0 Å². The lowest BCUT2D eigenvalue weighted by Gasteiger charge is -1.88. The number of rotatable bonds is 2. The Bertz CT molecular complexity index is 259. The predicted octanol–water partition coefficient (Wildman–Crippen LogP) is -0.137. The second kappa shape index (κ2) is 2.80. The lowest BCUT2D eigenvalue weighted by molar-refractivity contribution is -0.132. The van der Waals surface area contributed by atoms with Crippen LogP contribution in [0.3, 0.4) is 0 Å². The van der Waals surface area contributed by atoms with Gasteiger partial charge in [0.25, 0.3) is 10.1 Å². The number of carboxylic acid groups (broad SMARTS) is 1. The molecule has 0 saturated carbocycles. The van der Waals surface area contributed by atoms with Gasteiger partial charge in [0.1, 0.15) is 0 Å². The van der Waals surface area contributed by atoms with Crippen molar-refractivity contribution >= 4 is 16.1 Å². The van der Waals surface area contributed by atoms with Gasteiger partial charge in [0, 0.05) is 5.57 Å². The number of aliphatic carboxylic acids is 1. The van der Waals surface area contributed by atoms with Crippen LogP contribution in [0.25, 0.3) is 0 Å². The molecule has 0 heterocycles. The van der Waals surface area contributed by atoms with Crippen LogP contribution in [-0.2, 0) is 14.9 Å². The molecule has 0 radical (unpaired) electrons. The normalized spacial score (nSPS) is 13.2. The highest BCUT2D eigenvalue weighted by molar-refractivity contribution is 7.88. The van der Waals surface area contributed by atoms with E-state index in [1.165, 1.54) is 0 Å². The third-order valence-corrected chi connectivity index (χ3v) is 1.31. The van der Waals surface area contributed by atoms with Gasteiger partial charge in [-0.15, -0.1) is 0 Å². The van der Waals surface area contributed by atoms with Crippen molar-refractivity contribution in [3.05, 3.63) is 11.0 Å². The molecule has 2 N–H and O–H groups in total. The maximum absolute atomic E-state index is 9.96. The van der Waals surface area contributed by atoms with Crippen molar-refractivity contribution in [2.24, 2.45) is 0 Å². The van der Waals surface area contributed by atoms with Crippen LogP contribution in [0.2, 0.25) is 0 Å². The number of carbonyl (C=O) groups is 1. The summed E-state index contributed by atoms with van der Waals surface area (Å²) >= 11 is 0. The fourth-order valence-electron chi connectivity index (χ4n) is 0.274. The van der Waals surface area contributed by atoms with E-state index in [2.05, 4.69) is 0 Å². The van der Waals surface area contributed by atoms with E-state index < -0.39 is 21.7 Å². The van der Waals surface area contributed by atoms with Crippen LogP contribution in [0, 0.1) is 0 Å². The minimum absolute atomic E-state index is 0.273. The molecule has 0 bridgehead atoms. The molecular weight excluding hydrogens is 160 g/mol. The summed E-state index contributed by atoms with van der Waals surface area (Å²) in [6, 6.07) is 0. The topological polar surface area (TPSA) is 91.7 Å². The molecule has 5 nitrogen and oxygen atoms in total. The van der Waals surface area contributed by atoms with Gasteiger partial charge in [-0.1, -0.05) is 0 Å². The molecule has 0 aromatic heterocycles. The number of hydrogen-bond donors (Lipinski definition) is 2. The lowest BCUT2D eigenvalue weighted by Crippen LogP contribution is -2.00. The Morgan fingerprint density at radius 1 is 1.50 bits per heavy atom. The van der Waals surface area contributed by atoms with Crippen molar-refractivity contribution in [3.8, 4) is 0 Å². The molecule has 6 heteroatoms. The van der Waals surface area contributed by atoms with Crippen molar-refractivity contribution in [2.45, 2.75) is 6.92 Å². The highest BCUT2D eigenvalue weighted by Gasteiger charge is 2.05. The maximum Gasteiger partial charge on any atom is 0.332 e. The average molecular weight is 166 g/mol. The average Bonchev–Trinajstić information content (AvgIpc) is 1.60. The fourth-order valence-corrected chi connectivity index (χ4v) is 0.821. The smallest absolute Gasteiger partial charge is 0.332 e. The second-order valence-electron chi connectivity index (χ2n) is 1.62. The van der Waals surface area contributed by atoms with Gasteiger partial charge in [-0.2, -0.15) is 8.42 Å². The number of hydrogen-bond acceptors (Lipinski definition) is 3. The summed E-state index contributed by atoms with van der Waals surface area (Å²) in [6.07, 6.45) is 0. The van der Waals surface area contributed by atoms with E-state index in [0.29, 0.717) is 0 Å². The van der Waals surface area contributed by atoms with Gasteiger partial charge in [0.2, 0.25) is 0 Å². The van der Waals surface area contributed by atoms with E-state index in [1.807, 2.05) is 0 Å². The predicted molar refractivity (Wildman–Crippen MR) is 32.9 cm³/mol. The van der Waals surface area contributed by atoms with E-state index in [0.717, 1.165) is 6.92 Å². The minimum atomic E-state index is -4.31. The summed E-state index contributed by atoms with van der Waals surface area (Å²) in [5.74, 6) is -1.38. The molecule has 10 heavy (non-hydrogen) atoms. The standard InChI is InChI=1S/C4H6O5S/c1-3(4(5)6)2-10(7,8)9/h2H,1H3,(H,5,6)(H,7,8,9)/b3-2+. The summed E-state index contributed by atoms with van der Waals surface area (Å²) in [4.78, 5) is 9.93. The highest BCUT2D eigenvalue weighted by Crippen LogP contribution is 1.95. The molecule has 0 spiro atoms. The molecule has 0 aromatic carbocycles. The zero-order valence-electron chi connectivity index (χ0n) is 5.10. The van der Waals surface area contributed by atoms with Crippen LogP contribution < -0.4 is 0 Å². The lowest BCUT2D eigenvalue weighted by atomic mass is 10.4. The molecule has 0 unspecified atom stereocenters. The molecular formula is C4H6O5S. The Hall–Kier alpha value is -0.880. The summed E-state index contributed by atoms with van der Waals surface area (Å²) in [5, 5.41) is 8.37. The van der Waals surface area contributed by atoms with Gasteiger partial charge in [0.15, 0.2) is 0 Å². The first-order chi connectivity index (χ1) is 4.33. The SMILES string of the molecule is C/C(=C\S(=O)(=O)O)C(=O)O. The summed E-state index contributed by atoms with van der Waals surface area (Å²) in [5.41, 5.74) is -0.428.